The second-order valence-electron chi connectivity index (χ2n) is 8.57. The summed E-state index contributed by atoms with van der Waals surface area (Å²) in [5, 5.41) is 9.80. The molecule has 0 aliphatic carbocycles. The van der Waals surface area contributed by atoms with Crippen LogP contribution in [0.25, 0.3) is 21.8 Å². The van der Waals surface area contributed by atoms with Crippen molar-refractivity contribution >= 4 is 43.4 Å². The number of hydrogen-bond donors (Lipinski definition) is 0. The van der Waals surface area contributed by atoms with E-state index < -0.39 is 10.0 Å². The highest BCUT2D eigenvalue weighted by Gasteiger charge is 2.27. The number of hydrogen-bond acceptors (Lipinski definition) is 5. The lowest BCUT2D eigenvalue weighted by Gasteiger charge is -2.25. The predicted molar refractivity (Wildman–Crippen MR) is 137 cm³/mol. The molecule has 0 bridgehead atoms. The van der Waals surface area contributed by atoms with Gasteiger partial charge in [0.1, 0.15) is 5.52 Å². The summed E-state index contributed by atoms with van der Waals surface area (Å²) in [6.07, 6.45) is -0.0623. The summed E-state index contributed by atoms with van der Waals surface area (Å²) in [6, 6.07) is 25.5. The van der Waals surface area contributed by atoms with E-state index in [1.165, 1.54) is 8.99 Å². The van der Waals surface area contributed by atoms with Gasteiger partial charge >= 0.3 is 0 Å². The predicted octanol–water partition coefficient (Wildman–Crippen LogP) is 5.13. The molecule has 1 heterocycles. The molecule has 176 valence electrons. The van der Waals surface area contributed by atoms with Gasteiger partial charge in [-0.2, -0.15) is 4.68 Å². The van der Waals surface area contributed by atoms with Crippen molar-refractivity contribution in [2.75, 3.05) is 10.8 Å². The third-order valence-electron chi connectivity index (χ3n) is 5.92. The fourth-order valence-electron chi connectivity index (χ4n) is 4.29. The number of aromatic nitrogens is 3. The summed E-state index contributed by atoms with van der Waals surface area (Å²) in [5.74, 6) is -0.332. The maximum absolute atomic E-state index is 13.9. The van der Waals surface area contributed by atoms with Gasteiger partial charge in [-0.1, -0.05) is 53.7 Å². The SMILES string of the molecule is Cc1cc(C)cc(N(CCC(=O)n2nnc3ccccc32)S(=O)(=O)c2ccc3ccccc3c2)c1. The molecule has 0 amide bonds. The van der Waals surface area contributed by atoms with Crippen molar-refractivity contribution in [1.82, 2.24) is 15.0 Å². The lowest BCUT2D eigenvalue weighted by Crippen LogP contribution is -2.34. The number of carbonyl (C=O) groups is 1. The Labute approximate surface area is 203 Å². The molecule has 35 heavy (non-hydrogen) atoms. The van der Waals surface area contributed by atoms with Crippen molar-refractivity contribution < 1.29 is 13.2 Å². The average Bonchev–Trinajstić information content (AvgIpc) is 3.27. The number of para-hydroxylation sites is 1. The molecule has 0 saturated heterocycles. The van der Waals surface area contributed by atoms with Crippen molar-refractivity contribution in [1.29, 1.82) is 0 Å². The Balaban J connectivity index is 1.53. The highest BCUT2D eigenvalue weighted by Crippen LogP contribution is 2.28. The summed E-state index contributed by atoms with van der Waals surface area (Å²) in [4.78, 5) is 13.2. The van der Waals surface area contributed by atoms with Gasteiger partial charge in [0.15, 0.2) is 0 Å². The molecule has 0 unspecified atom stereocenters. The first-order valence-electron chi connectivity index (χ1n) is 11.3. The van der Waals surface area contributed by atoms with Crippen LogP contribution in [-0.2, 0) is 10.0 Å². The molecule has 0 aliphatic rings. The van der Waals surface area contributed by atoms with Gasteiger partial charge in [0, 0.05) is 13.0 Å². The minimum atomic E-state index is -3.95. The quantitative estimate of drug-likeness (QED) is 0.334. The third-order valence-corrected chi connectivity index (χ3v) is 7.74. The van der Waals surface area contributed by atoms with Crippen molar-refractivity contribution in [2.24, 2.45) is 0 Å². The summed E-state index contributed by atoms with van der Waals surface area (Å²) in [7, 11) is -3.95. The minimum Gasteiger partial charge on any atom is -0.272 e. The Kier molecular flexibility index (Phi) is 5.82. The van der Waals surface area contributed by atoms with Gasteiger partial charge < -0.3 is 0 Å². The first-order chi connectivity index (χ1) is 16.8. The molecule has 0 spiro atoms. The minimum absolute atomic E-state index is 0.0366. The molecule has 0 N–H and O–H groups in total. The normalized spacial score (nSPS) is 11.7. The second kappa shape index (κ2) is 8.96. The smallest absolute Gasteiger partial charge is 0.264 e. The van der Waals surface area contributed by atoms with E-state index in [1.807, 2.05) is 68.4 Å². The number of carbonyl (C=O) groups excluding carboxylic acids is 1. The van der Waals surface area contributed by atoms with Gasteiger partial charge in [0.25, 0.3) is 15.9 Å². The molecular weight excluding hydrogens is 460 g/mol. The van der Waals surface area contributed by atoms with Crippen molar-refractivity contribution in [2.45, 2.75) is 25.2 Å². The molecule has 4 aromatic carbocycles. The molecule has 0 saturated carbocycles. The Morgan fingerprint density at radius 2 is 1.54 bits per heavy atom. The van der Waals surface area contributed by atoms with Gasteiger partial charge in [-0.25, -0.2) is 8.42 Å². The van der Waals surface area contributed by atoms with Gasteiger partial charge in [0.2, 0.25) is 0 Å². The zero-order valence-corrected chi connectivity index (χ0v) is 20.2. The molecule has 0 fully saturated rings. The second-order valence-corrected chi connectivity index (χ2v) is 10.4. The molecule has 7 nitrogen and oxygen atoms in total. The third kappa shape index (κ3) is 4.40. The Morgan fingerprint density at radius 1 is 0.857 bits per heavy atom. The molecule has 0 radical (unpaired) electrons. The lowest BCUT2D eigenvalue weighted by molar-refractivity contribution is 0.0893. The number of benzene rings is 4. The zero-order chi connectivity index (χ0) is 24.6. The maximum atomic E-state index is 13.9. The van der Waals surface area contributed by atoms with Crippen LogP contribution in [-0.4, -0.2) is 35.9 Å². The van der Waals surface area contributed by atoms with Gasteiger partial charge in [-0.3, -0.25) is 9.10 Å². The zero-order valence-electron chi connectivity index (χ0n) is 19.4. The van der Waals surface area contributed by atoms with Crippen LogP contribution in [0.1, 0.15) is 22.3 Å². The van der Waals surface area contributed by atoms with Crippen molar-refractivity contribution in [3.63, 3.8) is 0 Å². The molecule has 5 rings (SSSR count). The van der Waals surface area contributed by atoms with E-state index in [1.54, 1.807) is 30.3 Å². The van der Waals surface area contributed by atoms with E-state index in [9.17, 15) is 13.2 Å². The van der Waals surface area contributed by atoms with Crippen molar-refractivity contribution in [3.05, 3.63) is 96.1 Å². The Morgan fingerprint density at radius 3 is 2.31 bits per heavy atom. The number of anilines is 1. The number of fused-ring (bicyclic) bond motifs is 2. The number of rotatable bonds is 6. The van der Waals surface area contributed by atoms with Crippen LogP contribution >= 0.6 is 0 Å². The van der Waals surface area contributed by atoms with Crippen LogP contribution in [0.2, 0.25) is 0 Å². The molecule has 5 aromatic rings. The fourth-order valence-corrected chi connectivity index (χ4v) is 5.78. The Hall–Kier alpha value is -4.04. The van der Waals surface area contributed by atoms with Crippen LogP contribution in [0, 0.1) is 13.8 Å². The van der Waals surface area contributed by atoms with Crippen LogP contribution in [0.5, 0.6) is 0 Å². The highest BCUT2D eigenvalue weighted by molar-refractivity contribution is 7.92. The van der Waals surface area contributed by atoms with E-state index in [-0.39, 0.29) is 23.8 Å². The van der Waals surface area contributed by atoms with Gasteiger partial charge in [0.05, 0.1) is 16.1 Å². The van der Waals surface area contributed by atoms with Crippen molar-refractivity contribution in [3.8, 4) is 0 Å². The topological polar surface area (TPSA) is 85.2 Å². The summed E-state index contributed by atoms with van der Waals surface area (Å²) >= 11 is 0. The maximum Gasteiger partial charge on any atom is 0.264 e. The monoisotopic (exact) mass is 484 g/mol. The van der Waals surface area contributed by atoms with E-state index in [4.69, 9.17) is 0 Å². The van der Waals surface area contributed by atoms with Crippen LogP contribution in [0.15, 0.2) is 89.8 Å². The summed E-state index contributed by atoms with van der Waals surface area (Å²) in [6.45, 7) is 3.80. The van der Waals surface area contributed by atoms with Crippen LogP contribution < -0.4 is 4.31 Å². The first-order valence-corrected chi connectivity index (χ1v) is 12.7. The summed E-state index contributed by atoms with van der Waals surface area (Å²) in [5.41, 5.74) is 3.59. The molecule has 0 aliphatic heterocycles. The molecule has 1 aromatic heterocycles. The average molecular weight is 485 g/mol. The van der Waals surface area contributed by atoms with E-state index in [2.05, 4.69) is 10.3 Å². The molecule has 0 atom stereocenters. The Bertz CT molecular complexity index is 1650. The molecule has 8 heteroatoms. The number of aryl methyl sites for hydroxylation is 2. The van der Waals surface area contributed by atoms with E-state index >= 15 is 0 Å². The van der Waals surface area contributed by atoms with Gasteiger partial charge in [-0.15, -0.1) is 5.10 Å². The molecular formula is C27H24N4O3S. The number of nitrogens with zero attached hydrogens (tertiary/aromatic N) is 4. The van der Waals surface area contributed by atoms with Gasteiger partial charge in [-0.05, 0) is 72.1 Å². The first kappa shape index (κ1) is 22.7. The highest BCUT2D eigenvalue weighted by atomic mass is 32.2. The summed E-state index contributed by atoms with van der Waals surface area (Å²) < 4.78 is 30.3. The standard InChI is InChI=1S/C27H24N4O3S/c1-19-15-20(2)17-23(16-19)30(14-13-27(32)31-26-10-6-5-9-25(26)28-29-31)35(33,34)24-12-11-21-7-3-4-8-22(21)18-24/h3-12,15-18H,13-14H2,1-2H3. The van der Waals surface area contributed by atoms with Crippen LogP contribution in [0.3, 0.4) is 0 Å². The van der Waals surface area contributed by atoms with Crippen LogP contribution in [0.4, 0.5) is 5.69 Å². The fraction of sp³-hybridized carbons (Fsp3) is 0.148. The lowest BCUT2D eigenvalue weighted by atomic mass is 10.1. The van der Waals surface area contributed by atoms with E-state index in [0.29, 0.717) is 16.7 Å². The number of sulfonamides is 1. The van der Waals surface area contributed by atoms with E-state index in [0.717, 1.165) is 21.9 Å². The largest absolute Gasteiger partial charge is 0.272 e.